The monoisotopic (exact) mass is 559 g/mol. The molecular weight excluding hydrogens is 530 g/mol. The Balaban J connectivity index is 1.39. The second-order valence-corrected chi connectivity index (χ2v) is 9.86. The van der Waals surface area contributed by atoms with Crippen molar-refractivity contribution < 1.29 is 28.6 Å². The van der Waals surface area contributed by atoms with Gasteiger partial charge < -0.3 is 14.2 Å². The van der Waals surface area contributed by atoms with E-state index < -0.39 is 35.9 Å². The van der Waals surface area contributed by atoms with Crippen LogP contribution in [0.5, 0.6) is 0 Å². The first kappa shape index (κ1) is 27.7. The van der Waals surface area contributed by atoms with Crippen molar-refractivity contribution in [3.8, 4) is 0 Å². The van der Waals surface area contributed by atoms with Gasteiger partial charge in [0.1, 0.15) is 25.0 Å². The number of carbonyl (C=O) groups is 3. The van der Waals surface area contributed by atoms with E-state index in [9.17, 15) is 19.2 Å². The van der Waals surface area contributed by atoms with E-state index in [4.69, 9.17) is 14.2 Å². The zero-order chi connectivity index (χ0) is 28.9. The maximum absolute atomic E-state index is 12.8. The Bertz CT molecular complexity index is 1600. The second kappa shape index (κ2) is 12.1. The molecule has 1 saturated heterocycles. The van der Waals surface area contributed by atoms with Gasteiger partial charge in [0.15, 0.2) is 11.2 Å². The molecule has 0 saturated carbocycles. The molecule has 1 amide bonds. The smallest absolute Gasteiger partial charge is 0.338 e. The Hall–Kier alpha value is -4.84. The zero-order valence-corrected chi connectivity index (χ0v) is 22.5. The van der Waals surface area contributed by atoms with E-state index in [1.54, 1.807) is 79.1 Å². The Morgan fingerprint density at radius 2 is 1.68 bits per heavy atom. The summed E-state index contributed by atoms with van der Waals surface area (Å²) in [6, 6.07) is 17.1. The van der Waals surface area contributed by atoms with Crippen LogP contribution < -0.4 is 10.9 Å². The van der Waals surface area contributed by atoms with Crippen LogP contribution in [-0.2, 0) is 19.0 Å². The van der Waals surface area contributed by atoms with Gasteiger partial charge in [0.25, 0.3) is 5.56 Å². The highest BCUT2D eigenvalue weighted by atomic mass is 16.6. The Morgan fingerprint density at radius 3 is 2.34 bits per heavy atom. The molecule has 2 aromatic heterocycles. The van der Waals surface area contributed by atoms with Crippen molar-refractivity contribution in [3.63, 3.8) is 0 Å². The molecule has 0 bridgehead atoms. The first-order valence-electron chi connectivity index (χ1n) is 13.2. The number of fused-ring (bicyclic) bond motifs is 1. The molecule has 12 nitrogen and oxygen atoms in total. The van der Waals surface area contributed by atoms with E-state index >= 15 is 0 Å². The maximum Gasteiger partial charge on any atom is 0.338 e. The molecule has 5 rings (SSSR count). The van der Waals surface area contributed by atoms with Crippen LogP contribution in [0.25, 0.3) is 11.2 Å². The van der Waals surface area contributed by atoms with Gasteiger partial charge in [0, 0.05) is 5.92 Å². The highest BCUT2D eigenvalue weighted by Crippen LogP contribution is 2.31. The molecule has 0 unspecified atom stereocenters. The summed E-state index contributed by atoms with van der Waals surface area (Å²) in [5.41, 5.74) is 0.511. The number of amides is 1. The van der Waals surface area contributed by atoms with Crippen LogP contribution >= 0.6 is 0 Å². The second-order valence-electron chi connectivity index (χ2n) is 9.86. The highest BCUT2D eigenvalue weighted by molar-refractivity contribution is 5.91. The Labute approximate surface area is 234 Å². The predicted molar refractivity (Wildman–Crippen MR) is 147 cm³/mol. The quantitative estimate of drug-likeness (QED) is 0.309. The molecular formula is C29H29N5O7. The number of nitrogens with zero attached hydrogens (tertiary/aromatic N) is 3. The normalized spacial score (nSPS) is 18.7. The number of imidazole rings is 1. The average molecular weight is 560 g/mol. The summed E-state index contributed by atoms with van der Waals surface area (Å²) in [4.78, 5) is 61.4. The van der Waals surface area contributed by atoms with Crippen LogP contribution in [0.15, 0.2) is 71.8 Å². The molecule has 3 atom stereocenters. The predicted octanol–water partition coefficient (Wildman–Crippen LogP) is 3.47. The average Bonchev–Trinajstić information content (AvgIpc) is 3.42. The lowest BCUT2D eigenvalue weighted by molar-refractivity contribution is -0.161. The van der Waals surface area contributed by atoms with E-state index in [-0.39, 0.29) is 35.5 Å². The molecule has 1 fully saturated rings. The van der Waals surface area contributed by atoms with Gasteiger partial charge in [-0.2, -0.15) is 4.98 Å². The van der Waals surface area contributed by atoms with Crippen molar-refractivity contribution in [2.24, 2.45) is 5.92 Å². The van der Waals surface area contributed by atoms with Gasteiger partial charge in [-0.25, -0.2) is 14.6 Å². The number of aromatic nitrogens is 4. The number of nitrogens with one attached hydrogen (secondary N) is 2. The first-order chi connectivity index (χ1) is 19.8. The molecule has 212 valence electrons. The molecule has 1 aliphatic rings. The first-order valence-corrected chi connectivity index (χ1v) is 13.2. The van der Waals surface area contributed by atoms with E-state index in [1.807, 2.05) is 0 Å². The van der Waals surface area contributed by atoms with Gasteiger partial charge in [-0.3, -0.25) is 24.5 Å². The number of hydrogen-bond acceptors (Lipinski definition) is 9. The van der Waals surface area contributed by atoms with Crippen LogP contribution in [0, 0.1) is 5.92 Å². The minimum absolute atomic E-state index is 0.0123. The third-order valence-electron chi connectivity index (χ3n) is 6.61. The number of benzene rings is 2. The molecule has 4 aromatic rings. The number of anilines is 1. The lowest BCUT2D eigenvalue weighted by Gasteiger charge is -2.36. The van der Waals surface area contributed by atoms with Crippen LogP contribution in [0.2, 0.25) is 0 Å². The number of rotatable bonds is 8. The molecule has 2 N–H and O–H groups in total. The lowest BCUT2D eigenvalue weighted by atomic mass is 10.0. The summed E-state index contributed by atoms with van der Waals surface area (Å²) in [6.45, 7) is 3.25. The maximum atomic E-state index is 12.8. The molecule has 2 aromatic carbocycles. The van der Waals surface area contributed by atoms with Crippen molar-refractivity contribution in [1.29, 1.82) is 0 Å². The third kappa shape index (κ3) is 6.33. The lowest BCUT2D eigenvalue weighted by Crippen LogP contribution is -2.43. The minimum atomic E-state index is -0.825. The van der Waals surface area contributed by atoms with Crippen molar-refractivity contribution in [2.75, 3.05) is 11.9 Å². The van der Waals surface area contributed by atoms with Gasteiger partial charge in [0.2, 0.25) is 11.9 Å². The molecule has 3 heterocycles. The van der Waals surface area contributed by atoms with Crippen molar-refractivity contribution >= 4 is 35.0 Å². The number of H-pyrrole nitrogens is 1. The molecule has 1 aliphatic heterocycles. The number of esters is 2. The number of carbonyl (C=O) groups excluding carboxylic acids is 3. The molecule has 0 aliphatic carbocycles. The minimum Gasteiger partial charge on any atom is -0.459 e. The zero-order valence-electron chi connectivity index (χ0n) is 22.5. The van der Waals surface area contributed by atoms with Crippen molar-refractivity contribution in [3.05, 3.63) is 88.5 Å². The van der Waals surface area contributed by atoms with E-state index in [0.29, 0.717) is 24.0 Å². The standard InChI is InChI=1S/C29H29N5O7/c1-17(2)25(35)32-29-31-24-23(26(36)33-29)30-16-34(24)22-14-13-20(41-28(38)19-11-7-4-8-12-19)21(40-22)15-39-27(37)18-9-5-3-6-10-18/h3-12,16-17,20-22H,13-15H2,1-2H3,(H2,31,32,33,35,36)/t20-,21+,22+/m0/s1. The van der Waals surface area contributed by atoms with Gasteiger partial charge >= 0.3 is 11.9 Å². The number of hydrogen-bond donors (Lipinski definition) is 2. The van der Waals surface area contributed by atoms with E-state index in [0.717, 1.165) is 0 Å². The Kier molecular flexibility index (Phi) is 8.20. The fourth-order valence-electron chi connectivity index (χ4n) is 4.39. The topological polar surface area (TPSA) is 155 Å². The van der Waals surface area contributed by atoms with Gasteiger partial charge in [-0.1, -0.05) is 50.2 Å². The van der Waals surface area contributed by atoms with E-state index in [1.165, 1.54) is 6.33 Å². The fraction of sp³-hybridized carbons (Fsp3) is 0.310. The Morgan fingerprint density at radius 1 is 1.02 bits per heavy atom. The SMILES string of the molecule is CC(C)C(=O)Nc1nc2c(ncn2[C@H]2CC[C@H](OC(=O)c3ccccc3)[C@@H](COC(=O)c3ccccc3)O2)c(=O)[nH]1. The van der Waals surface area contributed by atoms with Gasteiger partial charge in [0.05, 0.1) is 17.5 Å². The fourth-order valence-corrected chi connectivity index (χ4v) is 4.39. The largest absolute Gasteiger partial charge is 0.459 e. The van der Waals surface area contributed by atoms with Crippen molar-refractivity contribution in [2.45, 2.75) is 45.1 Å². The van der Waals surface area contributed by atoms with Crippen LogP contribution in [0.3, 0.4) is 0 Å². The number of aromatic amines is 1. The van der Waals surface area contributed by atoms with E-state index in [2.05, 4.69) is 20.3 Å². The summed E-state index contributed by atoms with van der Waals surface area (Å²) in [5, 5.41) is 2.59. The van der Waals surface area contributed by atoms with Gasteiger partial charge in [-0.15, -0.1) is 0 Å². The van der Waals surface area contributed by atoms with Crippen LogP contribution in [-0.4, -0.2) is 56.2 Å². The van der Waals surface area contributed by atoms with Gasteiger partial charge in [-0.05, 0) is 37.1 Å². The summed E-state index contributed by atoms with van der Waals surface area (Å²) in [6.07, 6.45) is -0.0343. The van der Waals surface area contributed by atoms with Crippen LogP contribution in [0.4, 0.5) is 5.95 Å². The highest BCUT2D eigenvalue weighted by Gasteiger charge is 2.37. The molecule has 0 spiro atoms. The summed E-state index contributed by atoms with van der Waals surface area (Å²) >= 11 is 0. The molecule has 41 heavy (non-hydrogen) atoms. The molecule has 0 radical (unpaired) electrons. The summed E-state index contributed by atoms with van der Waals surface area (Å²) < 4.78 is 19.2. The summed E-state index contributed by atoms with van der Waals surface area (Å²) in [5.74, 6) is -1.71. The van der Waals surface area contributed by atoms with Crippen LogP contribution in [0.1, 0.15) is 53.6 Å². The third-order valence-corrected chi connectivity index (χ3v) is 6.61. The molecule has 12 heteroatoms. The summed E-state index contributed by atoms with van der Waals surface area (Å²) in [7, 11) is 0. The van der Waals surface area contributed by atoms with Crippen molar-refractivity contribution in [1.82, 2.24) is 19.5 Å². The number of ether oxygens (including phenoxy) is 3.